The van der Waals surface area contributed by atoms with Gasteiger partial charge < -0.3 is 11.1 Å². The van der Waals surface area contributed by atoms with Crippen molar-refractivity contribution in [1.29, 1.82) is 0 Å². The van der Waals surface area contributed by atoms with Crippen molar-refractivity contribution in [2.24, 2.45) is 12.8 Å². The van der Waals surface area contributed by atoms with E-state index in [1.165, 1.54) is 0 Å². The van der Waals surface area contributed by atoms with Crippen molar-refractivity contribution >= 4 is 16.8 Å². The minimum atomic E-state index is -0.0966. The molecule has 0 bridgehead atoms. The Morgan fingerprint density at radius 2 is 2.00 bits per heavy atom. The van der Waals surface area contributed by atoms with E-state index < -0.39 is 0 Å². The van der Waals surface area contributed by atoms with Gasteiger partial charge in [0.2, 0.25) is 0 Å². The first-order chi connectivity index (χ1) is 9.74. The van der Waals surface area contributed by atoms with Crippen molar-refractivity contribution in [3.63, 3.8) is 0 Å². The Kier molecular flexibility index (Phi) is 5.12. The van der Waals surface area contributed by atoms with Crippen molar-refractivity contribution in [2.75, 3.05) is 13.1 Å². The van der Waals surface area contributed by atoms with Gasteiger partial charge in [-0.2, -0.15) is 5.10 Å². The van der Waals surface area contributed by atoms with E-state index >= 15 is 0 Å². The molecule has 0 aliphatic rings. The molecule has 5 heteroatoms. The number of nitrogens with zero attached hydrogens (tertiary/aromatic N) is 2. The highest BCUT2D eigenvalue weighted by molar-refractivity contribution is 6.04. The van der Waals surface area contributed by atoms with Gasteiger partial charge in [-0.3, -0.25) is 9.48 Å². The van der Waals surface area contributed by atoms with Crippen molar-refractivity contribution in [2.45, 2.75) is 25.7 Å². The largest absolute Gasteiger partial charge is 0.351 e. The number of nitrogens with two attached hydrogens (primary N) is 1. The number of nitrogens with one attached hydrogen (secondary N) is 1. The minimum Gasteiger partial charge on any atom is -0.351 e. The average Bonchev–Trinajstić information content (AvgIpc) is 2.80. The number of aromatic nitrogens is 2. The number of carbonyl (C=O) groups is 1. The molecule has 108 valence electrons. The van der Waals surface area contributed by atoms with Crippen molar-refractivity contribution in [1.82, 2.24) is 15.1 Å². The topological polar surface area (TPSA) is 72.9 Å². The van der Waals surface area contributed by atoms with Crippen molar-refractivity contribution in [3.05, 3.63) is 30.0 Å². The number of aryl methyl sites for hydroxylation is 1. The lowest BCUT2D eigenvalue weighted by Crippen LogP contribution is -2.25. The zero-order chi connectivity index (χ0) is 14.4. The van der Waals surface area contributed by atoms with Crippen LogP contribution < -0.4 is 11.1 Å². The summed E-state index contributed by atoms with van der Waals surface area (Å²) in [5.74, 6) is -0.0966. The SMILES string of the molecule is Cn1nc(C(=O)NCCCCCCN)c2ccccc21. The normalized spacial score (nSPS) is 10.9. The molecule has 1 heterocycles. The molecular weight excluding hydrogens is 252 g/mol. The van der Waals surface area contributed by atoms with Crippen LogP contribution in [0, 0.1) is 0 Å². The van der Waals surface area contributed by atoms with E-state index in [9.17, 15) is 4.79 Å². The summed E-state index contributed by atoms with van der Waals surface area (Å²) in [5.41, 5.74) is 6.92. The summed E-state index contributed by atoms with van der Waals surface area (Å²) in [7, 11) is 1.85. The van der Waals surface area contributed by atoms with Crippen LogP contribution in [-0.2, 0) is 7.05 Å². The summed E-state index contributed by atoms with van der Waals surface area (Å²) < 4.78 is 1.74. The molecule has 1 amide bonds. The lowest BCUT2D eigenvalue weighted by molar-refractivity contribution is 0.0949. The van der Waals surface area contributed by atoms with Gasteiger partial charge in [-0.25, -0.2) is 0 Å². The second-order valence-electron chi connectivity index (χ2n) is 4.95. The zero-order valence-corrected chi connectivity index (χ0v) is 11.9. The number of para-hydroxylation sites is 1. The maximum atomic E-state index is 12.2. The molecule has 0 atom stereocenters. The highest BCUT2D eigenvalue weighted by Crippen LogP contribution is 2.17. The number of rotatable bonds is 7. The lowest BCUT2D eigenvalue weighted by atomic mass is 10.2. The first-order valence-electron chi connectivity index (χ1n) is 7.14. The number of fused-ring (bicyclic) bond motifs is 1. The molecule has 1 aromatic carbocycles. The fourth-order valence-electron chi connectivity index (χ4n) is 2.29. The second-order valence-corrected chi connectivity index (χ2v) is 4.95. The lowest BCUT2D eigenvalue weighted by Gasteiger charge is -2.03. The van der Waals surface area contributed by atoms with Crippen LogP contribution in [0.2, 0.25) is 0 Å². The standard InChI is InChI=1S/C15H22N4O/c1-19-13-9-5-4-8-12(13)14(18-19)15(20)17-11-7-3-2-6-10-16/h4-5,8-9H,2-3,6-7,10-11,16H2,1H3,(H,17,20). The summed E-state index contributed by atoms with van der Waals surface area (Å²) in [4.78, 5) is 12.2. The Bertz CT molecular complexity index is 576. The van der Waals surface area contributed by atoms with Crippen LogP contribution in [0.4, 0.5) is 0 Å². The predicted molar refractivity (Wildman–Crippen MR) is 80.6 cm³/mol. The van der Waals surface area contributed by atoms with Gasteiger partial charge in [-0.05, 0) is 25.5 Å². The summed E-state index contributed by atoms with van der Waals surface area (Å²) in [6.45, 7) is 1.43. The summed E-state index contributed by atoms with van der Waals surface area (Å²) in [6, 6.07) is 7.77. The van der Waals surface area contributed by atoms with E-state index in [0.717, 1.165) is 43.1 Å². The fraction of sp³-hybridized carbons (Fsp3) is 0.467. The van der Waals surface area contributed by atoms with Gasteiger partial charge in [-0.1, -0.05) is 31.0 Å². The smallest absolute Gasteiger partial charge is 0.272 e. The molecule has 0 saturated carbocycles. The third-order valence-corrected chi connectivity index (χ3v) is 3.39. The number of benzene rings is 1. The zero-order valence-electron chi connectivity index (χ0n) is 11.9. The van der Waals surface area contributed by atoms with Crippen molar-refractivity contribution in [3.8, 4) is 0 Å². The Morgan fingerprint density at radius 1 is 1.25 bits per heavy atom. The van der Waals surface area contributed by atoms with Gasteiger partial charge in [0.1, 0.15) is 0 Å². The molecule has 5 nitrogen and oxygen atoms in total. The third-order valence-electron chi connectivity index (χ3n) is 3.39. The molecule has 0 fully saturated rings. The second kappa shape index (κ2) is 7.05. The van der Waals surface area contributed by atoms with Gasteiger partial charge in [0.05, 0.1) is 5.52 Å². The molecule has 0 aliphatic heterocycles. The molecule has 3 N–H and O–H groups in total. The molecule has 0 spiro atoms. The first kappa shape index (κ1) is 14.5. The maximum Gasteiger partial charge on any atom is 0.272 e. The highest BCUT2D eigenvalue weighted by atomic mass is 16.1. The van der Waals surface area contributed by atoms with Gasteiger partial charge in [0.25, 0.3) is 5.91 Å². The summed E-state index contributed by atoms with van der Waals surface area (Å²) in [6.07, 6.45) is 4.26. The first-order valence-corrected chi connectivity index (χ1v) is 7.14. The number of hydrogen-bond donors (Lipinski definition) is 2. The Labute approximate surface area is 119 Å². The van der Waals surface area contributed by atoms with Gasteiger partial charge in [0, 0.05) is 19.0 Å². The predicted octanol–water partition coefficient (Wildman–Crippen LogP) is 1.82. The molecule has 0 unspecified atom stereocenters. The van der Waals surface area contributed by atoms with Gasteiger partial charge >= 0.3 is 0 Å². The van der Waals surface area contributed by atoms with Gasteiger partial charge in [0.15, 0.2) is 5.69 Å². The van der Waals surface area contributed by atoms with Crippen LogP contribution in [0.1, 0.15) is 36.2 Å². The molecular formula is C15H22N4O. The number of hydrogen-bond acceptors (Lipinski definition) is 3. The van der Waals surface area contributed by atoms with Crippen LogP contribution >= 0.6 is 0 Å². The van der Waals surface area contributed by atoms with E-state index in [-0.39, 0.29) is 5.91 Å². The van der Waals surface area contributed by atoms with Gasteiger partial charge in [-0.15, -0.1) is 0 Å². The molecule has 0 aliphatic carbocycles. The van der Waals surface area contributed by atoms with Crippen LogP contribution in [-0.4, -0.2) is 28.8 Å². The van der Waals surface area contributed by atoms with E-state index in [1.54, 1.807) is 4.68 Å². The van der Waals surface area contributed by atoms with E-state index in [2.05, 4.69) is 10.4 Å². The van der Waals surface area contributed by atoms with E-state index in [1.807, 2.05) is 31.3 Å². The average molecular weight is 274 g/mol. The van der Waals surface area contributed by atoms with Crippen molar-refractivity contribution < 1.29 is 4.79 Å². The monoisotopic (exact) mass is 274 g/mol. The minimum absolute atomic E-state index is 0.0966. The van der Waals surface area contributed by atoms with E-state index in [4.69, 9.17) is 5.73 Å². The fourth-order valence-corrected chi connectivity index (χ4v) is 2.29. The summed E-state index contributed by atoms with van der Waals surface area (Å²) >= 11 is 0. The quantitative estimate of drug-likeness (QED) is 0.756. The van der Waals surface area contributed by atoms with E-state index in [0.29, 0.717) is 12.2 Å². The molecule has 0 radical (unpaired) electrons. The molecule has 2 rings (SSSR count). The number of carbonyl (C=O) groups excluding carboxylic acids is 1. The summed E-state index contributed by atoms with van der Waals surface area (Å²) in [5, 5.41) is 8.14. The van der Waals surface area contributed by atoms with Crippen LogP contribution in [0.5, 0.6) is 0 Å². The molecule has 20 heavy (non-hydrogen) atoms. The molecule has 0 saturated heterocycles. The maximum absolute atomic E-state index is 12.2. The van der Waals surface area contributed by atoms with Crippen LogP contribution in [0.3, 0.4) is 0 Å². The van der Waals surface area contributed by atoms with Crippen LogP contribution in [0.15, 0.2) is 24.3 Å². The highest BCUT2D eigenvalue weighted by Gasteiger charge is 2.14. The Balaban J connectivity index is 1.91. The van der Waals surface area contributed by atoms with Crippen LogP contribution in [0.25, 0.3) is 10.9 Å². The number of unbranched alkanes of at least 4 members (excludes halogenated alkanes) is 3. The Hall–Kier alpha value is -1.88. The Morgan fingerprint density at radius 3 is 2.80 bits per heavy atom. The third kappa shape index (κ3) is 3.36. The molecule has 2 aromatic rings. The molecule has 1 aromatic heterocycles. The number of amides is 1.